The van der Waals surface area contributed by atoms with Gasteiger partial charge in [0.25, 0.3) is 0 Å². The standard InChI is InChI=1S/C30H40N6O4/c1-5-28(39)35-13-14-36(24(19-35)21-37)29-26-11-12-34(20-27(26)31-30(32-29)40-16-15-33(3)4)23-10-8-6-7-9-22(2)17-25(38)18-23/h5-9,17-18,24,37-38H,1-2,10-16,19-21H2,3-4H3/b8-6-,9-7-,23-18+,25-17+. The Morgan fingerprint density at radius 3 is 2.80 bits per heavy atom. The number of hydrogen-bond donors (Lipinski definition) is 2. The smallest absolute Gasteiger partial charge is 0.318 e. The number of nitrogens with zero attached hydrogens (tertiary/aromatic N) is 6. The maximum absolute atomic E-state index is 12.3. The number of amides is 1. The van der Waals surface area contributed by atoms with Crippen LogP contribution >= 0.6 is 0 Å². The van der Waals surface area contributed by atoms with Crippen molar-refractivity contribution in [1.82, 2.24) is 24.7 Å². The molecule has 2 N–H and O–H groups in total. The molecule has 0 spiro atoms. The summed E-state index contributed by atoms with van der Waals surface area (Å²) in [6.45, 7) is 11.2. The van der Waals surface area contributed by atoms with E-state index in [1.807, 2.05) is 37.2 Å². The van der Waals surface area contributed by atoms with Gasteiger partial charge in [0.1, 0.15) is 18.2 Å². The molecule has 1 aromatic heterocycles. The fraction of sp³-hybridized carbons (Fsp3) is 0.433. The van der Waals surface area contributed by atoms with E-state index in [0.717, 1.165) is 22.8 Å². The molecule has 0 bridgehead atoms. The van der Waals surface area contributed by atoms with E-state index >= 15 is 0 Å². The molecule has 4 rings (SSSR count). The van der Waals surface area contributed by atoms with Crippen LogP contribution in [0.5, 0.6) is 6.01 Å². The highest BCUT2D eigenvalue weighted by molar-refractivity contribution is 5.87. The van der Waals surface area contributed by atoms with Crippen molar-refractivity contribution in [1.29, 1.82) is 0 Å². The molecule has 1 fully saturated rings. The number of fused-ring (bicyclic) bond motifs is 1. The lowest BCUT2D eigenvalue weighted by Crippen LogP contribution is -2.56. The normalized spacial score (nSPS) is 23.9. The molecule has 0 radical (unpaired) electrons. The average molecular weight is 549 g/mol. The third-order valence-electron chi connectivity index (χ3n) is 7.18. The summed E-state index contributed by atoms with van der Waals surface area (Å²) in [4.78, 5) is 29.9. The van der Waals surface area contributed by atoms with Gasteiger partial charge in [-0.1, -0.05) is 37.5 Å². The molecule has 10 heteroatoms. The summed E-state index contributed by atoms with van der Waals surface area (Å²) < 4.78 is 5.99. The zero-order chi connectivity index (χ0) is 28.6. The number of aliphatic hydroxyl groups excluding tert-OH is 2. The number of carbonyl (C=O) groups excluding carboxylic acids is 1. The number of hydrogen-bond acceptors (Lipinski definition) is 9. The SMILES string of the molecule is C=CC(=O)N1CCN(c2nc(OCCN(C)C)nc3c2CCN(/C2=C/C(O)=C\C(=C)/C=C\C=C/C2)C3)C(CO)C1. The van der Waals surface area contributed by atoms with Gasteiger partial charge in [0.15, 0.2) is 0 Å². The second-order valence-corrected chi connectivity index (χ2v) is 10.4. The molecule has 1 unspecified atom stereocenters. The molecule has 214 valence electrons. The first-order chi connectivity index (χ1) is 19.3. The molecule has 1 atom stereocenters. The first kappa shape index (κ1) is 29.1. The van der Waals surface area contributed by atoms with Crippen LogP contribution in [0.2, 0.25) is 0 Å². The van der Waals surface area contributed by atoms with Gasteiger partial charge < -0.3 is 34.5 Å². The Kier molecular flexibility index (Phi) is 9.79. The molecule has 3 heterocycles. The minimum Gasteiger partial charge on any atom is -0.508 e. The van der Waals surface area contributed by atoms with Gasteiger partial charge in [-0.05, 0) is 44.3 Å². The monoisotopic (exact) mass is 548 g/mol. The van der Waals surface area contributed by atoms with Crippen molar-refractivity contribution in [2.75, 3.05) is 64.9 Å². The number of aromatic nitrogens is 2. The lowest BCUT2D eigenvalue weighted by atomic mass is 10.0. The highest BCUT2D eigenvalue weighted by Crippen LogP contribution is 2.33. The van der Waals surface area contributed by atoms with Crippen LogP contribution in [-0.4, -0.2) is 107 Å². The lowest BCUT2D eigenvalue weighted by molar-refractivity contribution is -0.126. The Bertz CT molecular complexity index is 1230. The molecular weight excluding hydrogens is 508 g/mol. The summed E-state index contributed by atoms with van der Waals surface area (Å²) in [5.74, 6) is 0.758. The van der Waals surface area contributed by atoms with Gasteiger partial charge in [-0.25, -0.2) is 0 Å². The molecule has 0 saturated carbocycles. The third kappa shape index (κ3) is 7.19. The Hall–Kier alpha value is -3.89. The number of rotatable bonds is 8. The van der Waals surface area contributed by atoms with Gasteiger partial charge in [0.2, 0.25) is 5.91 Å². The topological polar surface area (TPSA) is 106 Å². The van der Waals surface area contributed by atoms with E-state index in [1.165, 1.54) is 6.08 Å². The van der Waals surface area contributed by atoms with Crippen LogP contribution in [0.25, 0.3) is 0 Å². The van der Waals surface area contributed by atoms with Crippen LogP contribution in [0, 0.1) is 0 Å². The van der Waals surface area contributed by atoms with Crippen LogP contribution < -0.4 is 9.64 Å². The Morgan fingerprint density at radius 2 is 2.05 bits per heavy atom. The second kappa shape index (κ2) is 13.5. The van der Waals surface area contributed by atoms with Crippen molar-refractivity contribution in [3.63, 3.8) is 0 Å². The highest BCUT2D eigenvalue weighted by Gasteiger charge is 2.33. The molecular formula is C30H40N6O4. The minimum atomic E-state index is -0.307. The number of aliphatic hydroxyl groups is 2. The van der Waals surface area contributed by atoms with Gasteiger partial charge >= 0.3 is 6.01 Å². The number of anilines is 1. The Labute approximate surface area is 236 Å². The molecule has 1 aromatic rings. The van der Waals surface area contributed by atoms with Crippen LogP contribution in [0.1, 0.15) is 17.7 Å². The highest BCUT2D eigenvalue weighted by atomic mass is 16.5. The van der Waals surface area contributed by atoms with Crippen LogP contribution in [0.4, 0.5) is 5.82 Å². The van der Waals surface area contributed by atoms with Crippen molar-refractivity contribution >= 4 is 11.7 Å². The number of ether oxygens (including phenoxy) is 1. The first-order valence-electron chi connectivity index (χ1n) is 13.6. The first-order valence-corrected chi connectivity index (χ1v) is 13.6. The summed E-state index contributed by atoms with van der Waals surface area (Å²) in [6, 6.07) is -0.0126. The zero-order valence-electron chi connectivity index (χ0n) is 23.5. The van der Waals surface area contributed by atoms with Crippen molar-refractivity contribution in [2.45, 2.75) is 25.4 Å². The van der Waals surface area contributed by atoms with Crippen molar-refractivity contribution in [2.24, 2.45) is 0 Å². The maximum atomic E-state index is 12.3. The van der Waals surface area contributed by atoms with E-state index in [4.69, 9.17) is 14.7 Å². The largest absolute Gasteiger partial charge is 0.508 e. The van der Waals surface area contributed by atoms with Gasteiger partial charge in [-0.15, -0.1) is 0 Å². The molecule has 1 amide bonds. The summed E-state index contributed by atoms with van der Waals surface area (Å²) in [5.41, 5.74) is 3.56. The summed E-state index contributed by atoms with van der Waals surface area (Å²) >= 11 is 0. The van der Waals surface area contributed by atoms with Crippen molar-refractivity contribution in [3.8, 4) is 6.01 Å². The minimum absolute atomic E-state index is 0.118. The van der Waals surface area contributed by atoms with E-state index in [9.17, 15) is 15.0 Å². The van der Waals surface area contributed by atoms with E-state index in [2.05, 4.69) is 29.0 Å². The van der Waals surface area contributed by atoms with Crippen molar-refractivity contribution in [3.05, 3.63) is 84.0 Å². The molecule has 40 heavy (non-hydrogen) atoms. The van der Waals surface area contributed by atoms with Crippen LogP contribution in [0.15, 0.2) is 72.7 Å². The van der Waals surface area contributed by atoms with E-state index in [0.29, 0.717) is 70.3 Å². The molecule has 1 saturated heterocycles. The maximum Gasteiger partial charge on any atom is 0.318 e. The van der Waals surface area contributed by atoms with Crippen molar-refractivity contribution < 1.29 is 19.7 Å². The summed E-state index contributed by atoms with van der Waals surface area (Å²) in [6.07, 6.45) is 13.9. The quantitative estimate of drug-likeness (QED) is 0.474. The van der Waals surface area contributed by atoms with Crippen LogP contribution in [0.3, 0.4) is 0 Å². The number of piperazine rings is 1. The van der Waals surface area contributed by atoms with Gasteiger partial charge in [0.05, 0.1) is 24.9 Å². The van der Waals surface area contributed by atoms with Crippen LogP contribution in [-0.2, 0) is 17.8 Å². The van der Waals surface area contributed by atoms with Gasteiger partial charge in [0, 0.05) is 50.4 Å². The van der Waals surface area contributed by atoms with E-state index < -0.39 is 0 Å². The fourth-order valence-corrected chi connectivity index (χ4v) is 5.05. The summed E-state index contributed by atoms with van der Waals surface area (Å²) in [5, 5.41) is 20.8. The fourth-order valence-electron chi connectivity index (χ4n) is 5.05. The van der Waals surface area contributed by atoms with Gasteiger partial charge in [-0.3, -0.25) is 4.79 Å². The zero-order valence-corrected chi connectivity index (χ0v) is 23.5. The molecule has 3 aliphatic rings. The number of carbonyl (C=O) groups is 1. The Balaban J connectivity index is 1.66. The van der Waals surface area contributed by atoms with Gasteiger partial charge in [-0.2, -0.15) is 9.97 Å². The second-order valence-electron chi connectivity index (χ2n) is 10.4. The van der Waals surface area contributed by atoms with E-state index in [-0.39, 0.29) is 24.3 Å². The van der Waals surface area contributed by atoms with E-state index in [1.54, 1.807) is 17.1 Å². The number of likely N-dealkylation sites (N-methyl/N-ethyl adjacent to an activating group) is 1. The predicted molar refractivity (Wildman–Crippen MR) is 156 cm³/mol. The predicted octanol–water partition coefficient (Wildman–Crippen LogP) is 2.37. The summed E-state index contributed by atoms with van der Waals surface area (Å²) in [7, 11) is 3.96. The number of allylic oxidation sites excluding steroid dienone is 7. The molecule has 2 aliphatic heterocycles. The Morgan fingerprint density at radius 1 is 1.23 bits per heavy atom. The molecule has 0 aromatic carbocycles. The molecule has 1 aliphatic carbocycles. The lowest BCUT2D eigenvalue weighted by Gasteiger charge is -2.42. The molecule has 10 nitrogen and oxygen atoms in total. The third-order valence-corrected chi connectivity index (χ3v) is 7.18. The average Bonchev–Trinajstić information content (AvgIpc) is 2.94.